The number of benzene rings is 1. The molecule has 2 aliphatic rings. The molecule has 1 atom stereocenters. The van der Waals surface area contributed by atoms with Crippen LogP contribution in [0.1, 0.15) is 36.3 Å². The molecule has 0 radical (unpaired) electrons. The van der Waals surface area contributed by atoms with Gasteiger partial charge in [-0.15, -0.1) is 0 Å². The molecule has 1 aromatic rings. The number of hydrogen-bond donors (Lipinski definition) is 1. The molecule has 2 N–H and O–H groups in total. The Morgan fingerprint density at radius 1 is 1.23 bits per heavy atom. The van der Waals surface area contributed by atoms with Crippen LogP contribution in [0.25, 0.3) is 0 Å². The second-order valence-corrected chi connectivity index (χ2v) is 8.83. The second-order valence-electron chi connectivity index (χ2n) is 6.60. The molecule has 0 spiro atoms. The van der Waals surface area contributed by atoms with Crippen LogP contribution in [0.15, 0.2) is 12.1 Å². The van der Waals surface area contributed by atoms with Gasteiger partial charge in [-0.2, -0.15) is 0 Å². The molecule has 0 amide bonds. The SMILES string of the molecule is Cc1cc(N)c(F)cc1C1CCN(C2CCS(=O)(=O)C2)CC1. The zero-order valence-corrected chi connectivity index (χ0v) is 13.7. The zero-order chi connectivity index (χ0) is 15.9. The van der Waals surface area contributed by atoms with Crippen molar-refractivity contribution in [2.75, 3.05) is 30.3 Å². The molecule has 2 fully saturated rings. The van der Waals surface area contributed by atoms with Gasteiger partial charge in [-0.3, -0.25) is 4.90 Å². The first-order valence-corrected chi connectivity index (χ1v) is 9.68. The topological polar surface area (TPSA) is 63.4 Å². The van der Waals surface area contributed by atoms with Crippen molar-refractivity contribution in [2.45, 2.75) is 38.1 Å². The van der Waals surface area contributed by atoms with Gasteiger partial charge in [0, 0.05) is 6.04 Å². The fourth-order valence-electron chi connectivity index (χ4n) is 3.80. The van der Waals surface area contributed by atoms with E-state index in [0.29, 0.717) is 17.4 Å². The molecule has 2 aliphatic heterocycles. The van der Waals surface area contributed by atoms with Crippen LogP contribution in [0.5, 0.6) is 0 Å². The number of aryl methyl sites for hydroxylation is 1. The van der Waals surface area contributed by atoms with Gasteiger partial charge in [0.15, 0.2) is 9.84 Å². The van der Waals surface area contributed by atoms with Gasteiger partial charge in [-0.1, -0.05) is 0 Å². The third kappa shape index (κ3) is 3.13. The van der Waals surface area contributed by atoms with Gasteiger partial charge < -0.3 is 5.73 Å². The summed E-state index contributed by atoms with van der Waals surface area (Å²) in [7, 11) is -2.83. The minimum Gasteiger partial charge on any atom is -0.396 e. The number of rotatable bonds is 2. The highest BCUT2D eigenvalue weighted by molar-refractivity contribution is 7.91. The minimum atomic E-state index is -2.83. The summed E-state index contributed by atoms with van der Waals surface area (Å²) in [6, 6.07) is 3.46. The van der Waals surface area contributed by atoms with Crippen molar-refractivity contribution in [3.8, 4) is 0 Å². The smallest absolute Gasteiger partial charge is 0.151 e. The number of nitrogens with two attached hydrogens (primary N) is 1. The molecule has 2 heterocycles. The number of hydrogen-bond acceptors (Lipinski definition) is 4. The number of anilines is 1. The number of likely N-dealkylation sites (tertiary alicyclic amines) is 1. The minimum absolute atomic E-state index is 0.176. The van der Waals surface area contributed by atoms with Crippen molar-refractivity contribution >= 4 is 15.5 Å². The Morgan fingerprint density at radius 3 is 2.50 bits per heavy atom. The number of nitrogen functional groups attached to an aromatic ring is 1. The van der Waals surface area contributed by atoms with Crippen LogP contribution >= 0.6 is 0 Å². The molecular weight excluding hydrogens is 303 g/mol. The van der Waals surface area contributed by atoms with Crippen molar-refractivity contribution < 1.29 is 12.8 Å². The normalized spacial score (nSPS) is 26.4. The molecule has 0 bridgehead atoms. The van der Waals surface area contributed by atoms with Crippen LogP contribution in [0.4, 0.5) is 10.1 Å². The highest BCUT2D eigenvalue weighted by Crippen LogP contribution is 2.33. The summed E-state index contributed by atoms with van der Waals surface area (Å²) >= 11 is 0. The Labute approximate surface area is 131 Å². The van der Waals surface area contributed by atoms with Gasteiger partial charge >= 0.3 is 0 Å². The van der Waals surface area contributed by atoms with Gasteiger partial charge in [-0.25, -0.2) is 12.8 Å². The summed E-state index contributed by atoms with van der Waals surface area (Å²) < 4.78 is 36.9. The standard InChI is InChI=1S/C16H23FN2O2S/c1-11-8-16(18)15(17)9-14(11)12-2-5-19(6-3-12)13-4-7-22(20,21)10-13/h8-9,12-13H,2-7,10,18H2,1H3. The molecule has 22 heavy (non-hydrogen) atoms. The first kappa shape index (κ1) is 15.7. The fourth-order valence-corrected chi connectivity index (χ4v) is 5.56. The lowest BCUT2D eigenvalue weighted by atomic mass is 9.86. The molecule has 0 saturated carbocycles. The molecule has 1 unspecified atom stereocenters. The van der Waals surface area contributed by atoms with E-state index in [1.807, 2.05) is 6.92 Å². The summed E-state index contributed by atoms with van der Waals surface area (Å²) in [5.74, 6) is 0.613. The predicted molar refractivity (Wildman–Crippen MR) is 86.2 cm³/mol. The van der Waals surface area contributed by atoms with E-state index in [-0.39, 0.29) is 17.5 Å². The van der Waals surface area contributed by atoms with E-state index in [1.54, 1.807) is 12.1 Å². The first-order chi connectivity index (χ1) is 10.4. The lowest BCUT2D eigenvalue weighted by Gasteiger charge is -2.36. The maximum Gasteiger partial charge on any atom is 0.151 e. The summed E-state index contributed by atoms with van der Waals surface area (Å²) in [6.07, 6.45) is 2.64. The average molecular weight is 326 g/mol. The Morgan fingerprint density at radius 2 is 1.91 bits per heavy atom. The van der Waals surface area contributed by atoms with Gasteiger partial charge in [-0.05, 0) is 68.5 Å². The maximum absolute atomic E-state index is 13.7. The summed E-state index contributed by atoms with van der Waals surface area (Å²) in [4.78, 5) is 2.30. The number of piperidine rings is 1. The molecule has 1 aromatic carbocycles. The lowest BCUT2D eigenvalue weighted by Crippen LogP contribution is -2.41. The zero-order valence-electron chi connectivity index (χ0n) is 12.9. The quantitative estimate of drug-likeness (QED) is 0.845. The molecule has 3 rings (SSSR count). The number of nitrogens with zero attached hydrogens (tertiary/aromatic N) is 1. The van der Waals surface area contributed by atoms with Crippen LogP contribution in [0, 0.1) is 12.7 Å². The largest absolute Gasteiger partial charge is 0.396 e. The molecular formula is C16H23FN2O2S. The van der Waals surface area contributed by atoms with Gasteiger partial charge in [0.05, 0.1) is 17.2 Å². The van der Waals surface area contributed by atoms with Crippen LogP contribution in [-0.4, -0.2) is 44.0 Å². The first-order valence-electron chi connectivity index (χ1n) is 7.86. The van der Waals surface area contributed by atoms with E-state index >= 15 is 0 Å². The van der Waals surface area contributed by atoms with Gasteiger partial charge in [0.2, 0.25) is 0 Å². The Balaban J connectivity index is 1.66. The maximum atomic E-state index is 13.7. The van der Waals surface area contributed by atoms with E-state index < -0.39 is 9.84 Å². The molecule has 0 aliphatic carbocycles. The van der Waals surface area contributed by atoms with Crippen LogP contribution in [0.3, 0.4) is 0 Å². The van der Waals surface area contributed by atoms with Gasteiger partial charge in [0.25, 0.3) is 0 Å². The Hall–Kier alpha value is -1.14. The molecule has 0 aromatic heterocycles. The Kier molecular flexibility index (Phi) is 4.16. The highest BCUT2D eigenvalue weighted by Gasteiger charge is 2.34. The number of sulfone groups is 1. The van der Waals surface area contributed by atoms with Crippen LogP contribution in [-0.2, 0) is 9.84 Å². The molecule has 6 heteroatoms. The summed E-state index contributed by atoms with van der Waals surface area (Å²) in [5.41, 5.74) is 7.90. The predicted octanol–water partition coefficient (Wildman–Crippen LogP) is 2.08. The third-order valence-corrected chi connectivity index (χ3v) is 6.83. The van der Waals surface area contributed by atoms with Gasteiger partial charge in [0.1, 0.15) is 5.82 Å². The molecule has 4 nitrogen and oxygen atoms in total. The van der Waals surface area contributed by atoms with E-state index in [0.717, 1.165) is 43.5 Å². The van der Waals surface area contributed by atoms with Crippen molar-refractivity contribution in [3.63, 3.8) is 0 Å². The van der Waals surface area contributed by atoms with Crippen molar-refractivity contribution in [3.05, 3.63) is 29.1 Å². The molecule has 122 valence electrons. The summed E-state index contributed by atoms with van der Waals surface area (Å²) in [5, 5.41) is 0. The third-order valence-electron chi connectivity index (χ3n) is 5.08. The average Bonchev–Trinajstić information content (AvgIpc) is 2.83. The number of halogens is 1. The molecule has 2 saturated heterocycles. The van der Waals surface area contributed by atoms with E-state index in [1.165, 1.54) is 0 Å². The van der Waals surface area contributed by atoms with Crippen molar-refractivity contribution in [1.82, 2.24) is 4.90 Å². The van der Waals surface area contributed by atoms with Crippen LogP contribution < -0.4 is 5.73 Å². The lowest BCUT2D eigenvalue weighted by molar-refractivity contribution is 0.164. The monoisotopic (exact) mass is 326 g/mol. The Bertz CT molecular complexity index is 667. The fraction of sp³-hybridized carbons (Fsp3) is 0.625. The van der Waals surface area contributed by atoms with Crippen LogP contribution in [0.2, 0.25) is 0 Å². The second kappa shape index (κ2) is 5.81. The van der Waals surface area contributed by atoms with E-state index in [4.69, 9.17) is 5.73 Å². The highest BCUT2D eigenvalue weighted by atomic mass is 32.2. The van der Waals surface area contributed by atoms with E-state index in [9.17, 15) is 12.8 Å². The van der Waals surface area contributed by atoms with Crippen molar-refractivity contribution in [1.29, 1.82) is 0 Å². The summed E-state index contributed by atoms with van der Waals surface area (Å²) in [6.45, 7) is 3.74. The van der Waals surface area contributed by atoms with E-state index in [2.05, 4.69) is 4.90 Å². The van der Waals surface area contributed by atoms with Crippen molar-refractivity contribution in [2.24, 2.45) is 0 Å².